The summed E-state index contributed by atoms with van der Waals surface area (Å²) in [6, 6.07) is 7.31. The molecule has 5 heteroatoms. The number of benzene rings is 1. The molecule has 1 aromatic rings. The summed E-state index contributed by atoms with van der Waals surface area (Å²) in [5.41, 5.74) is 1.01. The smallest absolute Gasteiger partial charge is 0.407 e. The number of rotatable bonds is 5. The van der Waals surface area contributed by atoms with Crippen molar-refractivity contribution in [1.82, 2.24) is 10.6 Å². The predicted molar refractivity (Wildman–Crippen MR) is 86.7 cm³/mol. The summed E-state index contributed by atoms with van der Waals surface area (Å²) >= 11 is 0. The number of carbonyl (C=O) groups is 2. The lowest BCUT2D eigenvalue weighted by Gasteiger charge is -2.19. The molecular formula is C17H26N2O3. The molecule has 0 aliphatic heterocycles. The molecule has 0 aliphatic carbocycles. The maximum absolute atomic E-state index is 11.9. The molecule has 122 valence electrons. The number of hydrogen-bond acceptors (Lipinski definition) is 3. The second-order valence-corrected chi connectivity index (χ2v) is 6.34. The largest absolute Gasteiger partial charge is 0.444 e. The first kappa shape index (κ1) is 18.0. The van der Waals surface area contributed by atoms with Crippen molar-refractivity contribution >= 4 is 12.0 Å². The summed E-state index contributed by atoms with van der Waals surface area (Å²) in [4.78, 5) is 23.5. The van der Waals surface area contributed by atoms with Gasteiger partial charge in [-0.1, -0.05) is 19.1 Å². The van der Waals surface area contributed by atoms with Gasteiger partial charge in [-0.15, -0.1) is 0 Å². The Kier molecular flexibility index (Phi) is 6.40. The highest BCUT2D eigenvalue weighted by Crippen LogP contribution is 2.08. The third-order valence-electron chi connectivity index (χ3n) is 3.04. The Morgan fingerprint density at radius 1 is 1.18 bits per heavy atom. The van der Waals surface area contributed by atoms with Gasteiger partial charge >= 0.3 is 6.09 Å². The SMILES string of the molecule is CCC(C)NC(=O)c1ccc(CNC(=O)OC(C)(C)C)cc1. The summed E-state index contributed by atoms with van der Waals surface area (Å²) in [5.74, 6) is -0.0824. The lowest BCUT2D eigenvalue weighted by molar-refractivity contribution is 0.0523. The van der Waals surface area contributed by atoms with E-state index in [4.69, 9.17) is 4.74 Å². The van der Waals surface area contributed by atoms with E-state index in [1.54, 1.807) is 12.1 Å². The number of amides is 2. The van der Waals surface area contributed by atoms with Gasteiger partial charge in [-0.3, -0.25) is 4.79 Å². The van der Waals surface area contributed by atoms with Crippen LogP contribution in [0.4, 0.5) is 4.79 Å². The van der Waals surface area contributed by atoms with Crippen LogP contribution in [0.3, 0.4) is 0 Å². The van der Waals surface area contributed by atoms with E-state index in [2.05, 4.69) is 10.6 Å². The van der Waals surface area contributed by atoms with Crippen LogP contribution < -0.4 is 10.6 Å². The van der Waals surface area contributed by atoms with Crippen molar-refractivity contribution in [2.24, 2.45) is 0 Å². The van der Waals surface area contributed by atoms with E-state index in [-0.39, 0.29) is 11.9 Å². The monoisotopic (exact) mass is 306 g/mol. The molecule has 0 saturated heterocycles. The fraction of sp³-hybridized carbons (Fsp3) is 0.529. The number of carbonyl (C=O) groups excluding carboxylic acids is 2. The van der Waals surface area contributed by atoms with Crippen molar-refractivity contribution in [3.05, 3.63) is 35.4 Å². The summed E-state index contributed by atoms with van der Waals surface area (Å²) in [7, 11) is 0. The van der Waals surface area contributed by atoms with Crippen LogP contribution in [-0.2, 0) is 11.3 Å². The second-order valence-electron chi connectivity index (χ2n) is 6.34. The van der Waals surface area contributed by atoms with E-state index in [9.17, 15) is 9.59 Å². The molecule has 0 heterocycles. The predicted octanol–water partition coefficient (Wildman–Crippen LogP) is 3.24. The van der Waals surface area contributed by atoms with Gasteiger partial charge in [0.05, 0.1) is 0 Å². The van der Waals surface area contributed by atoms with Crippen LogP contribution in [0, 0.1) is 0 Å². The molecule has 2 N–H and O–H groups in total. The average molecular weight is 306 g/mol. The highest BCUT2D eigenvalue weighted by Gasteiger charge is 2.15. The van der Waals surface area contributed by atoms with Crippen molar-refractivity contribution in [2.75, 3.05) is 0 Å². The van der Waals surface area contributed by atoms with Crippen molar-refractivity contribution in [1.29, 1.82) is 0 Å². The standard InChI is InChI=1S/C17H26N2O3/c1-6-12(2)19-15(20)14-9-7-13(8-10-14)11-18-16(21)22-17(3,4)5/h7-10,12H,6,11H2,1-5H3,(H,18,21)(H,19,20). The van der Waals surface area contributed by atoms with Crippen molar-refractivity contribution in [3.8, 4) is 0 Å². The van der Waals surface area contributed by atoms with E-state index in [1.165, 1.54) is 0 Å². The number of nitrogens with one attached hydrogen (secondary N) is 2. The molecule has 1 rings (SSSR count). The number of hydrogen-bond donors (Lipinski definition) is 2. The van der Waals surface area contributed by atoms with Crippen LogP contribution in [-0.4, -0.2) is 23.6 Å². The quantitative estimate of drug-likeness (QED) is 0.877. The van der Waals surface area contributed by atoms with Gasteiger partial charge in [-0.05, 0) is 51.8 Å². The average Bonchev–Trinajstić information content (AvgIpc) is 2.43. The molecule has 0 fully saturated rings. The van der Waals surface area contributed by atoms with Crippen LogP contribution in [0.1, 0.15) is 57.0 Å². The lowest BCUT2D eigenvalue weighted by Crippen LogP contribution is -2.32. The molecule has 1 atom stereocenters. The first-order valence-corrected chi connectivity index (χ1v) is 7.58. The molecule has 0 bridgehead atoms. The highest BCUT2D eigenvalue weighted by molar-refractivity contribution is 5.94. The lowest BCUT2D eigenvalue weighted by atomic mass is 10.1. The van der Waals surface area contributed by atoms with Gasteiger partial charge in [0, 0.05) is 18.2 Å². The summed E-state index contributed by atoms with van der Waals surface area (Å²) in [6.45, 7) is 9.81. The van der Waals surface area contributed by atoms with E-state index in [0.29, 0.717) is 12.1 Å². The second kappa shape index (κ2) is 7.82. The minimum Gasteiger partial charge on any atom is -0.444 e. The minimum atomic E-state index is -0.512. The van der Waals surface area contributed by atoms with Crippen LogP contribution in [0.2, 0.25) is 0 Å². The Labute approximate surface area is 132 Å². The van der Waals surface area contributed by atoms with Crippen LogP contribution in [0.25, 0.3) is 0 Å². The maximum Gasteiger partial charge on any atom is 0.407 e. The van der Waals surface area contributed by atoms with Gasteiger partial charge in [0.25, 0.3) is 5.91 Å². The molecule has 0 aromatic heterocycles. The Hall–Kier alpha value is -2.04. The molecule has 5 nitrogen and oxygen atoms in total. The molecule has 1 unspecified atom stereocenters. The molecule has 0 spiro atoms. The fourth-order valence-electron chi connectivity index (χ4n) is 1.67. The summed E-state index contributed by atoms with van der Waals surface area (Å²) < 4.78 is 5.16. The van der Waals surface area contributed by atoms with Gasteiger partial charge < -0.3 is 15.4 Å². The van der Waals surface area contributed by atoms with Crippen molar-refractivity contribution in [2.45, 2.75) is 59.2 Å². The van der Waals surface area contributed by atoms with Crippen molar-refractivity contribution < 1.29 is 14.3 Å². The van der Waals surface area contributed by atoms with E-state index in [1.807, 2.05) is 46.8 Å². The molecule has 1 aromatic carbocycles. The molecule has 0 saturated carbocycles. The zero-order chi connectivity index (χ0) is 16.8. The minimum absolute atomic E-state index is 0.0824. The third-order valence-corrected chi connectivity index (χ3v) is 3.04. The van der Waals surface area contributed by atoms with E-state index >= 15 is 0 Å². The number of ether oxygens (including phenoxy) is 1. The first-order valence-electron chi connectivity index (χ1n) is 7.58. The zero-order valence-corrected chi connectivity index (χ0v) is 14.0. The Morgan fingerprint density at radius 3 is 2.27 bits per heavy atom. The van der Waals surface area contributed by atoms with Crippen LogP contribution >= 0.6 is 0 Å². The number of alkyl carbamates (subject to hydrolysis) is 1. The van der Waals surface area contributed by atoms with Crippen LogP contribution in [0.5, 0.6) is 0 Å². The highest BCUT2D eigenvalue weighted by atomic mass is 16.6. The Morgan fingerprint density at radius 2 is 1.77 bits per heavy atom. The molecular weight excluding hydrogens is 280 g/mol. The maximum atomic E-state index is 11.9. The van der Waals surface area contributed by atoms with Gasteiger partial charge in [0.2, 0.25) is 0 Å². The Balaban J connectivity index is 2.51. The summed E-state index contributed by atoms with van der Waals surface area (Å²) in [6.07, 6.45) is 0.440. The first-order chi connectivity index (χ1) is 10.2. The molecule has 0 radical (unpaired) electrons. The summed E-state index contributed by atoms with van der Waals surface area (Å²) in [5, 5.41) is 5.60. The molecule has 2 amide bonds. The van der Waals surface area contributed by atoms with E-state index in [0.717, 1.165) is 12.0 Å². The van der Waals surface area contributed by atoms with E-state index < -0.39 is 11.7 Å². The topological polar surface area (TPSA) is 67.4 Å². The normalized spacial score (nSPS) is 12.4. The van der Waals surface area contributed by atoms with Gasteiger partial charge in [-0.25, -0.2) is 4.79 Å². The molecule has 0 aliphatic rings. The van der Waals surface area contributed by atoms with Crippen molar-refractivity contribution in [3.63, 3.8) is 0 Å². The van der Waals surface area contributed by atoms with Gasteiger partial charge in [-0.2, -0.15) is 0 Å². The third kappa shape index (κ3) is 6.61. The van der Waals surface area contributed by atoms with Gasteiger partial charge in [0.1, 0.15) is 5.60 Å². The van der Waals surface area contributed by atoms with Gasteiger partial charge in [0.15, 0.2) is 0 Å². The Bertz CT molecular complexity index is 504. The fourth-order valence-corrected chi connectivity index (χ4v) is 1.67. The molecule has 22 heavy (non-hydrogen) atoms. The zero-order valence-electron chi connectivity index (χ0n) is 14.0. The van der Waals surface area contributed by atoms with Crippen LogP contribution in [0.15, 0.2) is 24.3 Å².